The van der Waals surface area contributed by atoms with E-state index in [-0.39, 0.29) is 23.8 Å². The first-order valence-corrected chi connectivity index (χ1v) is 14.5. The van der Waals surface area contributed by atoms with Gasteiger partial charge in [-0.05, 0) is 76.3 Å². The third-order valence-electron chi connectivity index (χ3n) is 6.58. The van der Waals surface area contributed by atoms with Gasteiger partial charge in [0.2, 0.25) is 0 Å². The van der Waals surface area contributed by atoms with E-state index in [1.165, 1.54) is 16.8 Å². The van der Waals surface area contributed by atoms with Crippen LogP contribution in [0.3, 0.4) is 0 Å². The molecule has 0 saturated carbocycles. The number of allylic oxidation sites excluding steroid dienone is 4. The van der Waals surface area contributed by atoms with Crippen molar-refractivity contribution in [1.82, 2.24) is 24.1 Å². The van der Waals surface area contributed by atoms with Crippen molar-refractivity contribution in [3.63, 3.8) is 0 Å². The van der Waals surface area contributed by atoms with E-state index in [9.17, 15) is 0 Å². The summed E-state index contributed by atoms with van der Waals surface area (Å²) < 4.78 is 5.98. The van der Waals surface area contributed by atoms with E-state index in [0.717, 1.165) is 17.8 Å². The van der Waals surface area contributed by atoms with Gasteiger partial charge in [0.25, 0.3) is 0 Å². The highest BCUT2D eigenvalue weighted by Gasteiger charge is 2.19. The average Bonchev–Trinajstić information content (AvgIpc) is 3.55. The van der Waals surface area contributed by atoms with Crippen LogP contribution in [0.1, 0.15) is 121 Å². The molecule has 5 nitrogen and oxygen atoms in total. The Bertz CT molecular complexity index is 1180. The molecule has 3 heterocycles. The van der Waals surface area contributed by atoms with Crippen LogP contribution < -0.4 is 0 Å². The second-order valence-electron chi connectivity index (χ2n) is 15.0. The van der Waals surface area contributed by atoms with Crippen molar-refractivity contribution in [2.45, 2.75) is 127 Å². The van der Waals surface area contributed by atoms with Crippen LogP contribution in [-0.4, -0.2) is 24.1 Å². The van der Waals surface area contributed by atoms with Crippen LogP contribution in [0.4, 0.5) is 0 Å². The van der Waals surface area contributed by atoms with E-state index in [1.54, 1.807) is 0 Å². The van der Waals surface area contributed by atoms with Gasteiger partial charge in [-0.3, -0.25) is 9.36 Å². The zero-order valence-corrected chi connectivity index (χ0v) is 28.6. The number of hydrogen-bond donors (Lipinski definition) is 0. The van der Waals surface area contributed by atoms with E-state index in [2.05, 4.69) is 148 Å². The van der Waals surface area contributed by atoms with Crippen LogP contribution in [0.25, 0.3) is 0 Å². The summed E-state index contributed by atoms with van der Waals surface area (Å²) in [6, 6.07) is 8.33. The van der Waals surface area contributed by atoms with E-state index in [1.807, 2.05) is 41.8 Å². The minimum Gasteiger partial charge on any atom is -0.354 e. The van der Waals surface area contributed by atoms with Crippen LogP contribution in [0.15, 0.2) is 66.2 Å². The van der Waals surface area contributed by atoms with Crippen molar-refractivity contribution in [2.75, 3.05) is 0 Å². The first-order valence-electron chi connectivity index (χ1n) is 14.5. The number of hydrogen-bond acceptors (Lipinski definition) is 2. The Balaban J connectivity index is 0.000000516. The van der Waals surface area contributed by atoms with Gasteiger partial charge in [0.05, 0.1) is 16.9 Å². The van der Waals surface area contributed by atoms with Crippen molar-refractivity contribution < 1.29 is 0 Å². The molecule has 3 aromatic rings. The average molecular weight is 566 g/mol. The number of rotatable bonds is 0. The zero-order chi connectivity index (χ0) is 31.1. The molecule has 0 spiro atoms. The smallest absolute Gasteiger partial charge is 0.0677 e. The molecule has 1 aliphatic rings. The Morgan fingerprint density at radius 2 is 1.27 bits per heavy atom. The Kier molecular flexibility index (Phi) is 13.9. The maximum atomic E-state index is 4.30. The summed E-state index contributed by atoms with van der Waals surface area (Å²) in [6.45, 7) is 30.6. The van der Waals surface area contributed by atoms with Gasteiger partial charge < -0.3 is 4.57 Å². The highest BCUT2D eigenvalue weighted by atomic mass is 15.3. The van der Waals surface area contributed by atoms with Gasteiger partial charge in [-0.2, -0.15) is 10.2 Å². The summed E-state index contributed by atoms with van der Waals surface area (Å²) in [4.78, 5) is 0. The van der Waals surface area contributed by atoms with Gasteiger partial charge in [0.1, 0.15) is 0 Å². The largest absolute Gasteiger partial charge is 0.354 e. The molecule has 232 valence electrons. The molecule has 0 aliphatic heterocycles. The molecule has 0 bridgehead atoms. The zero-order valence-electron chi connectivity index (χ0n) is 28.6. The van der Waals surface area contributed by atoms with Crippen molar-refractivity contribution in [3.05, 3.63) is 83.2 Å². The van der Waals surface area contributed by atoms with E-state index >= 15 is 0 Å². The quantitative estimate of drug-likeness (QED) is 0.272. The Hall–Kier alpha value is -2.82. The van der Waals surface area contributed by atoms with Crippen molar-refractivity contribution in [3.8, 4) is 0 Å². The van der Waals surface area contributed by atoms with Gasteiger partial charge in [-0.25, -0.2) is 0 Å². The summed E-state index contributed by atoms with van der Waals surface area (Å²) >= 11 is 0. The summed E-state index contributed by atoms with van der Waals surface area (Å²) in [7, 11) is 4.02. The van der Waals surface area contributed by atoms with E-state index in [0.29, 0.717) is 5.41 Å². The predicted molar refractivity (Wildman–Crippen MR) is 181 cm³/mol. The Morgan fingerprint density at radius 1 is 0.683 bits per heavy atom. The van der Waals surface area contributed by atoms with Crippen LogP contribution in [-0.2, 0) is 30.5 Å². The number of aromatic nitrogens is 5. The lowest BCUT2D eigenvalue weighted by Crippen LogP contribution is -2.22. The summed E-state index contributed by atoms with van der Waals surface area (Å²) in [5.41, 5.74) is 7.59. The summed E-state index contributed by atoms with van der Waals surface area (Å²) in [5.74, 6) is 0. The van der Waals surface area contributed by atoms with Gasteiger partial charge in [-0.1, -0.05) is 87.5 Å². The van der Waals surface area contributed by atoms with Gasteiger partial charge in [-0.15, -0.1) is 0 Å². The monoisotopic (exact) mass is 566 g/mol. The molecule has 0 radical (unpaired) electrons. The molecule has 1 aliphatic carbocycles. The Labute approximate surface area is 253 Å². The molecular weight excluding hydrogens is 502 g/mol. The van der Waals surface area contributed by atoms with Gasteiger partial charge in [0, 0.05) is 49.2 Å². The molecular formula is C36H63N5. The molecule has 5 heteroatoms. The molecule has 0 aromatic carbocycles. The fourth-order valence-electron chi connectivity index (χ4n) is 4.34. The lowest BCUT2D eigenvalue weighted by atomic mass is 9.85. The summed E-state index contributed by atoms with van der Waals surface area (Å²) in [6.07, 6.45) is 11.7. The standard InChI is InChI=1S/C10H16.C9H15N.2C8H14N2.CH4/c1-8-6-5-7-9(8)10(2,3)4;1-9(2,3)8-6-5-7-10(8)4;1-8(2,3)7-5-6-10(4)9-7;1-7-5-6-10(9-7)8(2,3)4;/h5,7H,6H2,1-4H3;5-7H,1-4H3;2*5-6H,1-4H3;1H4. The molecule has 0 saturated heterocycles. The highest BCUT2D eigenvalue weighted by molar-refractivity contribution is 5.36. The predicted octanol–water partition coefficient (Wildman–Crippen LogP) is 9.93. The third kappa shape index (κ3) is 13.1. The molecule has 41 heavy (non-hydrogen) atoms. The SMILES string of the molecule is C.CC1=C(C(C)(C)C)C=CC1.Cc1ccn(C(C)(C)C)n1.Cn1ccc(C(C)(C)C)n1.Cn1cccc1C(C)(C)C. The topological polar surface area (TPSA) is 40.6 Å². The van der Waals surface area contributed by atoms with Crippen LogP contribution in [0.2, 0.25) is 0 Å². The Morgan fingerprint density at radius 3 is 1.46 bits per heavy atom. The first-order chi connectivity index (χ1) is 18.0. The molecule has 0 unspecified atom stereocenters. The molecule has 0 fully saturated rings. The van der Waals surface area contributed by atoms with Crippen molar-refractivity contribution >= 4 is 0 Å². The molecule has 3 aromatic heterocycles. The van der Waals surface area contributed by atoms with Crippen LogP contribution in [0.5, 0.6) is 0 Å². The normalized spacial score (nSPS) is 13.4. The number of nitrogens with zero attached hydrogens (tertiary/aromatic N) is 5. The lowest BCUT2D eigenvalue weighted by molar-refractivity contribution is 0.354. The molecule has 0 amide bonds. The van der Waals surface area contributed by atoms with Gasteiger partial charge in [0.15, 0.2) is 0 Å². The third-order valence-corrected chi connectivity index (χ3v) is 6.58. The molecule has 0 N–H and O–H groups in total. The van der Waals surface area contributed by atoms with Crippen LogP contribution in [0, 0.1) is 12.3 Å². The fourth-order valence-corrected chi connectivity index (χ4v) is 4.34. The first kappa shape index (κ1) is 38.2. The molecule has 4 rings (SSSR count). The second-order valence-corrected chi connectivity index (χ2v) is 15.0. The van der Waals surface area contributed by atoms with Gasteiger partial charge >= 0.3 is 0 Å². The maximum Gasteiger partial charge on any atom is 0.0677 e. The van der Waals surface area contributed by atoms with E-state index in [4.69, 9.17) is 0 Å². The van der Waals surface area contributed by atoms with E-state index < -0.39 is 0 Å². The maximum absolute atomic E-state index is 4.30. The highest BCUT2D eigenvalue weighted by Crippen LogP contribution is 2.33. The molecule has 0 atom stereocenters. The minimum atomic E-state index is 0. The summed E-state index contributed by atoms with van der Waals surface area (Å²) in [5, 5.41) is 8.60. The lowest BCUT2D eigenvalue weighted by Gasteiger charge is -2.20. The number of aryl methyl sites for hydroxylation is 3. The second kappa shape index (κ2) is 14.9. The van der Waals surface area contributed by atoms with Crippen molar-refractivity contribution in [1.29, 1.82) is 0 Å². The fraction of sp³-hybridized carbons (Fsp3) is 0.611. The minimum absolute atomic E-state index is 0. The van der Waals surface area contributed by atoms with Crippen molar-refractivity contribution in [2.24, 2.45) is 19.5 Å². The van der Waals surface area contributed by atoms with Crippen LogP contribution >= 0.6 is 0 Å².